The zero-order chi connectivity index (χ0) is 21.9. The maximum absolute atomic E-state index is 13.2. The zero-order valence-corrected chi connectivity index (χ0v) is 16.7. The molecule has 1 N–H and O–H groups in total. The summed E-state index contributed by atoms with van der Waals surface area (Å²) in [6.45, 7) is 1.66. The Morgan fingerprint density at radius 2 is 1.70 bits per heavy atom. The van der Waals surface area contributed by atoms with E-state index in [-0.39, 0.29) is 24.7 Å². The second kappa shape index (κ2) is 8.53. The van der Waals surface area contributed by atoms with Crippen molar-refractivity contribution in [2.75, 3.05) is 32.8 Å². The fourth-order valence-electron chi connectivity index (χ4n) is 3.07. The van der Waals surface area contributed by atoms with Gasteiger partial charge in [0, 0.05) is 11.3 Å². The molecule has 0 atom stereocenters. The summed E-state index contributed by atoms with van der Waals surface area (Å²) >= 11 is 0. The van der Waals surface area contributed by atoms with Crippen LogP contribution in [0.5, 0.6) is 11.5 Å². The molecule has 1 aliphatic heterocycles. The SMILES string of the molecule is COc1ccccc1C1OCC(C)(C(=O)Nc2ccc(OC)c(C(F)(F)F)c2)CO1. The van der Waals surface area contributed by atoms with Crippen LogP contribution in [-0.4, -0.2) is 33.3 Å². The summed E-state index contributed by atoms with van der Waals surface area (Å²) in [6.07, 6.45) is -5.32. The number of anilines is 1. The van der Waals surface area contributed by atoms with Crippen LogP contribution < -0.4 is 14.8 Å². The standard InChI is InChI=1S/C21H22F3NO5/c1-20(11-29-18(30-12-20)14-6-4-5-7-16(14)27-2)19(26)25-13-8-9-17(28-3)15(10-13)21(22,23)24/h4-10,18H,11-12H2,1-3H3,(H,25,26). The van der Waals surface area contributed by atoms with Crippen LogP contribution in [0.15, 0.2) is 42.5 Å². The van der Waals surface area contributed by atoms with Gasteiger partial charge in [0.25, 0.3) is 0 Å². The van der Waals surface area contributed by atoms with Crippen molar-refractivity contribution in [2.24, 2.45) is 5.41 Å². The maximum Gasteiger partial charge on any atom is 0.420 e. The number of benzene rings is 2. The van der Waals surface area contributed by atoms with Gasteiger partial charge in [0.1, 0.15) is 11.5 Å². The highest BCUT2D eigenvalue weighted by atomic mass is 19.4. The van der Waals surface area contributed by atoms with E-state index in [1.165, 1.54) is 13.2 Å². The van der Waals surface area contributed by atoms with Crippen molar-refractivity contribution in [1.82, 2.24) is 0 Å². The van der Waals surface area contributed by atoms with Crippen LogP contribution >= 0.6 is 0 Å². The van der Waals surface area contributed by atoms with Gasteiger partial charge >= 0.3 is 6.18 Å². The molecule has 1 fully saturated rings. The molecule has 30 heavy (non-hydrogen) atoms. The molecule has 162 valence electrons. The van der Waals surface area contributed by atoms with Crippen LogP contribution in [0.25, 0.3) is 0 Å². The van der Waals surface area contributed by atoms with Crippen LogP contribution in [0.2, 0.25) is 0 Å². The quantitative estimate of drug-likeness (QED) is 0.769. The van der Waals surface area contributed by atoms with Crippen molar-refractivity contribution >= 4 is 11.6 Å². The highest BCUT2D eigenvalue weighted by Gasteiger charge is 2.41. The highest BCUT2D eigenvalue weighted by Crippen LogP contribution is 2.39. The third-order valence-electron chi connectivity index (χ3n) is 4.81. The average molecular weight is 425 g/mol. The number of methoxy groups -OCH3 is 2. The number of hydrogen-bond acceptors (Lipinski definition) is 5. The molecule has 2 aromatic rings. The Balaban J connectivity index is 1.71. The smallest absolute Gasteiger partial charge is 0.420 e. The van der Waals surface area contributed by atoms with E-state index in [4.69, 9.17) is 18.9 Å². The Labute approximate surface area is 171 Å². The van der Waals surface area contributed by atoms with Crippen molar-refractivity contribution in [3.63, 3.8) is 0 Å². The van der Waals surface area contributed by atoms with Gasteiger partial charge in [-0.1, -0.05) is 18.2 Å². The molecule has 0 bridgehead atoms. The third kappa shape index (κ3) is 4.52. The number of nitrogens with one attached hydrogen (secondary N) is 1. The summed E-state index contributed by atoms with van der Waals surface area (Å²) in [4.78, 5) is 12.8. The number of hydrogen-bond donors (Lipinski definition) is 1. The number of carbonyl (C=O) groups is 1. The molecule has 2 aromatic carbocycles. The minimum atomic E-state index is -4.62. The lowest BCUT2D eigenvalue weighted by molar-refractivity contribution is -0.226. The van der Waals surface area contributed by atoms with E-state index in [9.17, 15) is 18.0 Å². The topological polar surface area (TPSA) is 66.0 Å². The summed E-state index contributed by atoms with van der Waals surface area (Å²) in [6, 6.07) is 10.5. The first-order valence-electron chi connectivity index (χ1n) is 9.11. The summed E-state index contributed by atoms with van der Waals surface area (Å²) in [5.41, 5.74) is -1.37. The summed E-state index contributed by atoms with van der Waals surface area (Å²) < 4.78 is 61.1. The molecule has 6 nitrogen and oxygen atoms in total. The zero-order valence-electron chi connectivity index (χ0n) is 16.7. The molecule has 1 saturated heterocycles. The number of rotatable bonds is 5. The van der Waals surface area contributed by atoms with Crippen LogP contribution in [0.4, 0.5) is 18.9 Å². The Morgan fingerprint density at radius 1 is 1.07 bits per heavy atom. The minimum absolute atomic E-state index is 0.00111. The van der Waals surface area contributed by atoms with E-state index < -0.39 is 29.4 Å². The van der Waals surface area contributed by atoms with Gasteiger partial charge in [-0.2, -0.15) is 13.2 Å². The number of carbonyl (C=O) groups excluding carboxylic acids is 1. The Bertz CT molecular complexity index is 908. The average Bonchev–Trinajstić information content (AvgIpc) is 2.73. The van der Waals surface area contributed by atoms with Crippen molar-refractivity contribution in [2.45, 2.75) is 19.4 Å². The molecular weight excluding hydrogens is 403 g/mol. The van der Waals surface area contributed by atoms with Gasteiger partial charge < -0.3 is 24.3 Å². The lowest BCUT2D eigenvalue weighted by Crippen LogP contribution is -2.45. The molecule has 0 aromatic heterocycles. The van der Waals surface area contributed by atoms with Crippen LogP contribution in [0, 0.1) is 5.41 Å². The summed E-state index contributed by atoms with van der Waals surface area (Å²) in [5.74, 6) is -0.247. The van der Waals surface area contributed by atoms with E-state index in [2.05, 4.69) is 5.32 Å². The Kier molecular flexibility index (Phi) is 6.23. The monoisotopic (exact) mass is 425 g/mol. The minimum Gasteiger partial charge on any atom is -0.496 e. The van der Waals surface area contributed by atoms with E-state index in [1.54, 1.807) is 19.1 Å². The molecule has 0 saturated carbocycles. The molecule has 0 radical (unpaired) electrons. The lowest BCUT2D eigenvalue weighted by atomic mass is 9.90. The molecule has 9 heteroatoms. The molecule has 0 spiro atoms. The molecule has 3 rings (SSSR count). The molecule has 0 aliphatic carbocycles. The lowest BCUT2D eigenvalue weighted by Gasteiger charge is -2.36. The highest BCUT2D eigenvalue weighted by molar-refractivity contribution is 5.95. The predicted octanol–water partition coefficient (Wildman–Crippen LogP) is 4.41. The van der Waals surface area contributed by atoms with Crippen LogP contribution in [0.3, 0.4) is 0 Å². The van der Waals surface area contributed by atoms with Gasteiger partial charge in [0.05, 0.1) is 38.4 Å². The van der Waals surface area contributed by atoms with Crippen LogP contribution in [-0.2, 0) is 20.4 Å². The third-order valence-corrected chi connectivity index (χ3v) is 4.81. The number of ether oxygens (including phenoxy) is 4. The van der Waals surface area contributed by atoms with E-state index in [0.717, 1.165) is 19.2 Å². The number of amides is 1. The van der Waals surface area contributed by atoms with Crippen molar-refractivity contribution in [3.05, 3.63) is 53.6 Å². The number of halogens is 3. The van der Waals surface area contributed by atoms with Gasteiger partial charge in [0.15, 0.2) is 6.29 Å². The van der Waals surface area contributed by atoms with Gasteiger partial charge in [0.2, 0.25) is 5.91 Å². The molecular formula is C21H22F3NO5. The van der Waals surface area contributed by atoms with Crippen LogP contribution in [0.1, 0.15) is 24.3 Å². The summed E-state index contributed by atoms with van der Waals surface area (Å²) in [7, 11) is 2.68. The molecule has 0 unspecified atom stereocenters. The number of alkyl halides is 3. The number of para-hydroxylation sites is 1. The first kappa shape index (κ1) is 21.9. The van der Waals surface area contributed by atoms with Crippen molar-refractivity contribution < 1.29 is 36.9 Å². The fraction of sp³-hybridized carbons (Fsp3) is 0.381. The van der Waals surface area contributed by atoms with E-state index >= 15 is 0 Å². The Morgan fingerprint density at radius 3 is 2.30 bits per heavy atom. The Hall–Kier alpha value is -2.78. The largest absolute Gasteiger partial charge is 0.496 e. The van der Waals surface area contributed by atoms with Gasteiger partial charge in [-0.3, -0.25) is 4.79 Å². The normalized spacial score (nSPS) is 21.7. The molecule has 1 heterocycles. The van der Waals surface area contributed by atoms with E-state index in [1.807, 2.05) is 12.1 Å². The van der Waals surface area contributed by atoms with Gasteiger partial charge in [-0.25, -0.2) is 0 Å². The first-order valence-corrected chi connectivity index (χ1v) is 9.11. The van der Waals surface area contributed by atoms with Crippen molar-refractivity contribution in [1.29, 1.82) is 0 Å². The maximum atomic E-state index is 13.2. The molecule has 1 aliphatic rings. The fourth-order valence-corrected chi connectivity index (χ4v) is 3.07. The summed E-state index contributed by atoms with van der Waals surface area (Å²) in [5, 5.41) is 2.51. The first-order chi connectivity index (χ1) is 14.2. The van der Waals surface area contributed by atoms with Crippen molar-refractivity contribution in [3.8, 4) is 11.5 Å². The van der Waals surface area contributed by atoms with Gasteiger partial charge in [-0.15, -0.1) is 0 Å². The van der Waals surface area contributed by atoms with E-state index in [0.29, 0.717) is 11.3 Å². The predicted molar refractivity (Wildman–Crippen MR) is 102 cm³/mol. The second-order valence-electron chi connectivity index (χ2n) is 7.12. The van der Waals surface area contributed by atoms with Gasteiger partial charge in [-0.05, 0) is 31.2 Å². The molecule has 1 amide bonds. The second-order valence-corrected chi connectivity index (χ2v) is 7.12.